The number of aromatic nitrogens is 1. The van der Waals surface area contributed by atoms with Gasteiger partial charge in [0.25, 0.3) is 15.5 Å². The molecule has 0 spiro atoms. The average Bonchev–Trinajstić information content (AvgIpc) is 1.99. The molecule has 0 saturated heterocycles. The molecule has 0 unspecified atom stereocenters. The summed E-state index contributed by atoms with van der Waals surface area (Å²) in [4.78, 5) is 1.79. The summed E-state index contributed by atoms with van der Waals surface area (Å²) in [7, 11) is 0.342. The SMILES string of the molecule is O=S(=O)(Cl)c1cc(Cl)nc(F)c1C(F)F. The predicted molar refractivity (Wildman–Crippen MR) is 47.2 cm³/mol. The van der Waals surface area contributed by atoms with Gasteiger partial charge in [-0.2, -0.15) is 4.39 Å². The van der Waals surface area contributed by atoms with Crippen LogP contribution < -0.4 is 0 Å². The number of rotatable bonds is 2. The van der Waals surface area contributed by atoms with Crippen molar-refractivity contribution in [3.05, 3.63) is 22.7 Å². The van der Waals surface area contributed by atoms with Crippen LogP contribution in [0.15, 0.2) is 11.0 Å². The van der Waals surface area contributed by atoms with Gasteiger partial charge in [0.2, 0.25) is 5.95 Å². The van der Waals surface area contributed by atoms with Gasteiger partial charge in [0.15, 0.2) is 0 Å². The molecule has 1 heterocycles. The molecule has 1 aromatic heterocycles. The molecule has 0 N–H and O–H groups in total. The van der Waals surface area contributed by atoms with Crippen molar-refractivity contribution in [3.8, 4) is 0 Å². The minimum absolute atomic E-state index is 0.564. The molecular weight excluding hydrogens is 278 g/mol. The number of hydrogen-bond donors (Lipinski definition) is 0. The van der Waals surface area contributed by atoms with E-state index in [2.05, 4.69) is 4.98 Å². The molecule has 0 aromatic carbocycles. The van der Waals surface area contributed by atoms with Gasteiger partial charge in [0, 0.05) is 10.7 Å². The first kappa shape index (κ1) is 12.5. The molecule has 84 valence electrons. The Morgan fingerprint density at radius 3 is 2.33 bits per heavy atom. The molecule has 3 nitrogen and oxygen atoms in total. The van der Waals surface area contributed by atoms with Crippen LogP contribution in [0.3, 0.4) is 0 Å². The highest BCUT2D eigenvalue weighted by Gasteiger charge is 2.27. The van der Waals surface area contributed by atoms with Gasteiger partial charge in [-0.3, -0.25) is 0 Å². The number of nitrogens with zero attached hydrogens (tertiary/aromatic N) is 1. The molecule has 0 radical (unpaired) electrons. The van der Waals surface area contributed by atoms with E-state index in [4.69, 9.17) is 22.3 Å². The first-order valence-corrected chi connectivity index (χ1v) is 6.01. The van der Waals surface area contributed by atoms with Crippen molar-refractivity contribution in [3.63, 3.8) is 0 Å². The smallest absolute Gasteiger partial charge is 0.207 e. The Hall–Kier alpha value is -0.530. The van der Waals surface area contributed by atoms with E-state index < -0.39 is 37.0 Å². The van der Waals surface area contributed by atoms with Gasteiger partial charge in [0.05, 0.1) is 10.5 Å². The van der Waals surface area contributed by atoms with E-state index in [-0.39, 0.29) is 0 Å². The highest BCUT2D eigenvalue weighted by molar-refractivity contribution is 8.13. The number of hydrogen-bond acceptors (Lipinski definition) is 3. The van der Waals surface area contributed by atoms with Gasteiger partial charge in [-0.05, 0) is 6.07 Å². The van der Waals surface area contributed by atoms with Crippen LogP contribution in [-0.2, 0) is 9.05 Å². The van der Waals surface area contributed by atoms with Crippen molar-refractivity contribution < 1.29 is 21.6 Å². The fourth-order valence-corrected chi connectivity index (χ4v) is 2.19. The maximum atomic E-state index is 12.9. The summed E-state index contributed by atoms with van der Waals surface area (Å²) in [5.41, 5.74) is -1.38. The predicted octanol–water partition coefficient (Wildman–Crippen LogP) is 2.74. The van der Waals surface area contributed by atoms with E-state index in [0.717, 1.165) is 0 Å². The van der Waals surface area contributed by atoms with Gasteiger partial charge in [-0.15, -0.1) is 0 Å². The monoisotopic (exact) mass is 279 g/mol. The normalized spacial score (nSPS) is 12.1. The summed E-state index contributed by atoms with van der Waals surface area (Å²) >= 11 is 5.21. The molecule has 1 aromatic rings. The van der Waals surface area contributed by atoms with E-state index >= 15 is 0 Å². The lowest BCUT2D eigenvalue weighted by molar-refractivity contribution is 0.141. The van der Waals surface area contributed by atoms with Crippen LogP contribution in [-0.4, -0.2) is 13.4 Å². The molecule has 0 aliphatic rings. The third kappa shape index (κ3) is 2.73. The highest BCUT2D eigenvalue weighted by Crippen LogP contribution is 2.31. The van der Waals surface area contributed by atoms with Crippen molar-refractivity contribution in [2.45, 2.75) is 11.3 Å². The quantitative estimate of drug-likeness (QED) is 0.618. The standard InChI is InChI=1S/C6H2Cl2F3NO2S/c7-3-1-2(15(8,13)14)4(5(9)10)6(11)12-3/h1,5H. The summed E-state index contributed by atoms with van der Waals surface area (Å²) in [5, 5.41) is -0.573. The molecule has 0 saturated carbocycles. The van der Waals surface area contributed by atoms with E-state index in [0.29, 0.717) is 6.07 Å². The van der Waals surface area contributed by atoms with E-state index in [1.165, 1.54) is 0 Å². The van der Waals surface area contributed by atoms with E-state index in [9.17, 15) is 21.6 Å². The zero-order valence-electron chi connectivity index (χ0n) is 6.72. The second-order valence-electron chi connectivity index (χ2n) is 2.39. The van der Waals surface area contributed by atoms with Crippen LogP contribution in [0.2, 0.25) is 5.15 Å². The van der Waals surface area contributed by atoms with Gasteiger partial charge in [-0.25, -0.2) is 22.2 Å². The van der Waals surface area contributed by atoms with Gasteiger partial charge >= 0.3 is 0 Å². The van der Waals surface area contributed by atoms with Crippen LogP contribution in [0.5, 0.6) is 0 Å². The maximum Gasteiger partial charge on any atom is 0.269 e. The van der Waals surface area contributed by atoms with Gasteiger partial charge in [-0.1, -0.05) is 11.6 Å². The van der Waals surface area contributed by atoms with Gasteiger partial charge < -0.3 is 0 Å². The Labute approximate surface area is 92.2 Å². The van der Waals surface area contributed by atoms with Crippen LogP contribution in [0.4, 0.5) is 13.2 Å². The molecule has 0 atom stereocenters. The Kier molecular flexibility index (Phi) is 3.47. The van der Waals surface area contributed by atoms with Crippen molar-refractivity contribution >= 4 is 31.3 Å². The molecule has 0 amide bonds. The Morgan fingerprint density at radius 1 is 1.40 bits per heavy atom. The molecule has 15 heavy (non-hydrogen) atoms. The van der Waals surface area contributed by atoms with Crippen LogP contribution in [0, 0.1) is 5.95 Å². The summed E-state index contributed by atoms with van der Waals surface area (Å²) in [6.45, 7) is 0. The first-order valence-electron chi connectivity index (χ1n) is 3.32. The third-order valence-corrected chi connectivity index (χ3v) is 2.98. The van der Waals surface area contributed by atoms with E-state index in [1.54, 1.807) is 0 Å². The Morgan fingerprint density at radius 2 is 1.93 bits per heavy atom. The topological polar surface area (TPSA) is 47.0 Å². The zero-order chi connectivity index (χ0) is 11.8. The fourth-order valence-electron chi connectivity index (χ4n) is 0.873. The molecular formula is C6H2Cl2F3NO2S. The van der Waals surface area contributed by atoms with E-state index in [1.807, 2.05) is 0 Å². The van der Waals surface area contributed by atoms with Crippen molar-refractivity contribution in [1.82, 2.24) is 4.98 Å². The van der Waals surface area contributed by atoms with Crippen molar-refractivity contribution in [1.29, 1.82) is 0 Å². The van der Waals surface area contributed by atoms with Crippen LogP contribution in [0.1, 0.15) is 12.0 Å². The zero-order valence-corrected chi connectivity index (χ0v) is 9.04. The average molecular weight is 280 g/mol. The van der Waals surface area contributed by atoms with Crippen LogP contribution in [0.25, 0.3) is 0 Å². The summed E-state index contributed by atoms with van der Waals surface area (Å²) in [5.74, 6) is -1.66. The molecule has 9 heteroatoms. The number of alkyl halides is 2. The minimum Gasteiger partial charge on any atom is -0.207 e. The molecule has 0 fully saturated rings. The second kappa shape index (κ2) is 4.15. The number of halogens is 5. The summed E-state index contributed by atoms with van der Waals surface area (Å²) < 4.78 is 59.2. The minimum atomic E-state index is -4.50. The Balaban J connectivity index is 3.62. The lowest BCUT2D eigenvalue weighted by Gasteiger charge is -2.06. The molecule has 0 aliphatic carbocycles. The van der Waals surface area contributed by atoms with Crippen LogP contribution >= 0.6 is 22.3 Å². The Bertz CT molecular complexity index is 491. The molecule has 0 aliphatic heterocycles. The summed E-state index contributed by atoms with van der Waals surface area (Å²) in [6, 6.07) is 0.564. The van der Waals surface area contributed by atoms with Gasteiger partial charge in [0.1, 0.15) is 5.15 Å². The number of pyridine rings is 1. The largest absolute Gasteiger partial charge is 0.269 e. The maximum absolute atomic E-state index is 12.9. The fraction of sp³-hybridized carbons (Fsp3) is 0.167. The molecule has 1 rings (SSSR count). The summed E-state index contributed by atoms with van der Waals surface area (Å²) in [6.07, 6.45) is -3.35. The molecule has 0 bridgehead atoms. The highest BCUT2D eigenvalue weighted by atomic mass is 35.7. The first-order chi connectivity index (χ1) is 6.73. The van der Waals surface area contributed by atoms with Crippen molar-refractivity contribution in [2.75, 3.05) is 0 Å². The van der Waals surface area contributed by atoms with Crippen molar-refractivity contribution in [2.24, 2.45) is 0 Å². The lowest BCUT2D eigenvalue weighted by Crippen LogP contribution is -2.04. The second-order valence-corrected chi connectivity index (χ2v) is 5.31. The lowest BCUT2D eigenvalue weighted by atomic mass is 10.3. The third-order valence-electron chi connectivity index (χ3n) is 1.42.